The summed E-state index contributed by atoms with van der Waals surface area (Å²) >= 11 is 10.6. The molecule has 2 fully saturated rings. The molecule has 1 saturated carbocycles. The highest BCUT2D eigenvalue weighted by Gasteiger charge is 2.68. The van der Waals surface area contributed by atoms with Crippen molar-refractivity contribution in [2.45, 2.75) is 45.9 Å². The first-order valence-electron chi connectivity index (χ1n) is 6.35. The van der Waals surface area contributed by atoms with Crippen molar-refractivity contribution in [2.75, 3.05) is 0 Å². The zero-order valence-electron chi connectivity index (χ0n) is 10.8. The monoisotopic (exact) mass is 485 g/mol. The maximum Gasteiger partial charge on any atom is 0.243 e. The summed E-state index contributed by atoms with van der Waals surface area (Å²) in [6.07, 6.45) is 1.69. The molecular weight excluding hydrogens is 474 g/mol. The largest absolute Gasteiger partial charge is 0.243 e. The number of nitrogens with zero attached hydrogens (tertiary/aromatic N) is 1. The van der Waals surface area contributed by atoms with E-state index in [4.69, 9.17) is 0 Å². The quantitative estimate of drug-likeness (QED) is 0.468. The Morgan fingerprint density at radius 2 is 1.80 bits per heavy atom. The van der Waals surface area contributed by atoms with E-state index in [0.717, 1.165) is 17.3 Å². The van der Waals surface area contributed by atoms with Gasteiger partial charge in [0.2, 0.25) is 10.0 Å². The van der Waals surface area contributed by atoms with Crippen molar-refractivity contribution in [1.82, 2.24) is 4.31 Å². The molecule has 3 nitrogen and oxygen atoms in total. The molecule has 0 radical (unpaired) electrons. The van der Waals surface area contributed by atoms with E-state index < -0.39 is 10.0 Å². The Bertz CT molecular complexity index is 634. The van der Waals surface area contributed by atoms with Crippen LogP contribution in [0.15, 0.2) is 33.6 Å². The molecule has 3 rings (SSSR count). The Morgan fingerprint density at radius 1 is 1.20 bits per heavy atom. The number of hydrogen-bond donors (Lipinski definition) is 0. The Kier molecular flexibility index (Phi) is 3.90. The molecule has 0 aromatic heterocycles. The molecule has 1 aromatic rings. The van der Waals surface area contributed by atoms with Crippen LogP contribution in [0, 0.1) is 0 Å². The minimum atomic E-state index is -3.40. The van der Waals surface area contributed by atoms with Gasteiger partial charge in [0.1, 0.15) is 0 Å². The van der Waals surface area contributed by atoms with Crippen molar-refractivity contribution in [3.63, 3.8) is 0 Å². The first-order chi connectivity index (χ1) is 9.26. The van der Waals surface area contributed by atoms with Gasteiger partial charge in [0.15, 0.2) is 0 Å². The smallest absolute Gasteiger partial charge is 0.207 e. The minimum absolute atomic E-state index is 0.106. The van der Waals surface area contributed by atoms with Gasteiger partial charge in [0, 0.05) is 20.2 Å². The average Bonchev–Trinajstić information content (AvgIpc) is 2.95. The summed E-state index contributed by atoms with van der Waals surface area (Å²) in [5.41, 5.74) is -0.246. The van der Waals surface area contributed by atoms with Crippen molar-refractivity contribution in [3.8, 4) is 0 Å². The lowest BCUT2D eigenvalue weighted by Crippen LogP contribution is -2.31. The van der Waals surface area contributed by atoms with Crippen molar-refractivity contribution >= 4 is 57.8 Å². The molecule has 0 N–H and O–H groups in total. The predicted molar refractivity (Wildman–Crippen MR) is 90.0 cm³/mol. The SMILES string of the molecule is C[C@]12C[C@H](Br)[C@@H](Br)C[C@@H]1N2S(=O)(=O)c1ccc(Br)cc1. The van der Waals surface area contributed by atoms with Gasteiger partial charge in [-0.1, -0.05) is 47.8 Å². The molecule has 1 saturated heterocycles. The lowest BCUT2D eigenvalue weighted by molar-refractivity contribution is 0.480. The third-order valence-electron chi connectivity index (χ3n) is 4.26. The molecule has 110 valence electrons. The van der Waals surface area contributed by atoms with Gasteiger partial charge in [-0.15, -0.1) is 0 Å². The molecule has 1 heterocycles. The third kappa shape index (κ3) is 2.33. The van der Waals surface area contributed by atoms with Gasteiger partial charge < -0.3 is 0 Å². The molecule has 1 aliphatic heterocycles. The summed E-state index contributed by atoms with van der Waals surface area (Å²) < 4.78 is 28.1. The summed E-state index contributed by atoms with van der Waals surface area (Å²) in [4.78, 5) is 1.01. The number of rotatable bonds is 2. The Labute approximate surface area is 144 Å². The second-order valence-electron chi connectivity index (χ2n) is 5.60. The standard InChI is InChI=1S/C13H14Br3NO2S/c1-13-7-11(16)10(15)6-12(13)17(13)20(18,19)9-4-2-8(14)3-5-9/h2-5,10-12H,6-7H2,1H3/t10-,11-,12-,13-,17?/m0/s1. The van der Waals surface area contributed by atoms with E-state index in [1.807, 2.05) is 6.92 Å². The van der Waals surface area contributed by atoms with Crippen LogP contribution >= 0.6 is 47.8 Å². The first kappa shape index (κ1) is 15.5. The van der Waals surface area contributed by atoms with Crippen LogP contribution in [0.1, 0.15) is 19.8 Å². The molecule has 1 unspecified atom stereocenters. The van der Waals surface area contributed by atoms with Crippen LogP contribution in [0.25, 0.3) is 0 Å². The van der Waals surface area contributed by atoms with E-state index in [0.29, 0.717) is 14.5 Å². The Morgan fingerprint density at radius 3 is 2.35 bits per heavy atom. The van der Waals surface area contributed by atoms with E-state index in [1.54, 1.807) is 28.6 Å². The number of fused-ring (bicyclic) bond motifs is 1. The highest BCUT2D eigenvalue weighted by molar-refractivity contribution is 9.12. The predicted octanol–water partition coefficient (Wildman–Crippen LogP) is 3.90. The van der Waals surface area contributed by atoms with Crippen molar-refractivity contribution < 1.29 is 8.42 Å². The van der Waals surface area contributed by atoms with Gasteiger partial charge in [-0.2, -0.15) is 4.31 Å². The van der Waals surface area contributed by atoms with Gasteiger partial charge in [0.05, 0.1) is 10.4 Å². The van der Waals surface area contributed by atoms with Crippen LogP contribution in [-0.2, 0) is 10.0 Å². The zero-order valence-corrected chi connectivity index (χ0v) is 16.3. The fourth-order valence-electron chi connectivity index (χ4n) is 3.09. The highest BCUT2D eigenvalue weighted by atomic mass is 79.9. The molecule has 7 heteroatoms. The first-order valence-corrected chi connectivity index (χ1v) is 10.4. The maximum absolute atomic E-state index is 12.8. The van der Waals surface area contributed by atoms with E-state index >= 15 is 0 Å². The Hall–Kier alpha value is 0.570. The molecule has 0 bridgehead atoms. The summed E-state index contributed by atoms with van der Waals surface area (Å²) in [7, 11) is -3.40. The van der Waals surface area contributed by atoms with E-state index in [9.17, 15) is 8.42 Å². The summed E-state index contributed by atoms with van der Waals surface area (Å²) in [6, 6.07) is 6.95. The maximum atomic E-state index is 12.8. The van der Waals surface area contributed by atoms with Gasteiger partial charge in [-0.3, -0.25) is 0 Å². The molecule has 5 atom stereocenters. The fraction of sp³-hybridized carbons (Fsp3) is 0.538. The number of hydrogen-bond acceptors (Lipinski definition) is 2. The Balaban J connectivity index is 1.93. The number of halogens is 3. The summed E-state index contributed by atoms with van der Waals surface area (Å²) in [5.74, 6) is 0. The molecule has 0 spiro atoms. The second-order valence-corrected chi connectivity index (χ2v) is 10.7. The van der Waals surface area contributed by atoms with Crippen LogP contribution in [-0.4, -0.2) is 34.0 Å². The van der Waals surface area contributed by atoms with Crippen LogP contribution in [0.3, 0.4) is 0 Å². The highest BCUT2D eigenvalue weighted by Crippen LogP contribution is 2.56. The van der Waals surface area contributed by atoms with Gasteiger partial charge in [0.25, 0.3) is 0 Å². The molecule has 20 heavy (non-hydrogen) atoms. The minimum Gasteiger partial charge on any atom is -0.207 e. The van der Waals surface area contributed by atoms with Gasteiger partial charge >= 0.3 is 0 Å². The van der Waals surface area contributed by atoms with Crippen LogP contribution in [0.4, 0.5) is 0 Å². The summed E-state index contributed by atoms with van der Waals surface area (Å²) in [5, 5.41) is 0. The van der Waals surface area contributed by atoms with E-state index in [1.165, 1.54) is 0 Å². The normalized spacial score (nSPS) is 40.2. The molecule has 1 aliphatic carbocycles. The topological polar surface area (TPSA) is 37.1 Å². The average molecular weight is 488 g/mol. The van der Waals surface area contributed by atoms with Crippen LogP contribution < -0.4 is 0 Å². The molecule has 0 amide bonds. The number of sulfonamides is 1. The summed E-state index contributed by atoms with van der Waals surface area (Å²) in [6.45, 7) is 2.04. The zero-order chi connectivity index (χ0) is 14.7. The van der Waals surface area contributed by atoms with Crippen molar-refractivity contribution in [2.24, 2.45) is 0 Å². The van der Waals surface area contributed by atoms with Crippen molar-refractivity contribution in [1.29, 1.82) is 0 Å². The molecule has 2 aliphatic rings. The van der Waals surface area contributed by atoms with Gasteiger partial charge in [-0.25, -0.2) is 8.42 Å². The molecule has 1 aromatic carbocycles. The van der Waals surface area contributed by atoms with Gasteiger partial charge in [-0.05, 0) is 44.0 Å². The van der Waals surface area contributed by atoms with Crippen LogP contribution in [0.5, 0.6) is 0 Å². The van der Waals surface area contributed by atoms with E-state index in [-0.39, 0.29) is 11.6 Å². The lowest BCUT2D eigenvalue weighted by atomic mass is 9.91. The van der Waals surface area contributed by atoms with E-state index in [2.05, 4.69) is 47.8 Å². The fourth-order valence-corrected chi connectivity index (χ4v) is 6.82. The number of alkyl halides is 2. The third-order valence-corrected chi connectivity index (χ3v) is 9.53. The lowest BCUT2D eigenvalue weighted by Gasteiger charge is -2.24. The number of benzene rings is 1. The second kappa shape index (κ2) is 5.05. The van der Waals surface area contributed by atoms with Crippen LogP contribution in [0.2, 0.25) is 0 Å². The van der Waals surface area contributed by atoms with Crippen molar-refractivity contribution in [3.05, 3.63) is 28.7 Å². The molecular formula is C13H14Br3NO2S.